The molecule has 0 radical (unpaired) electrons. The second-order valence-electron chi connectivity index (χ2n) is 4.43. The Labute approximate surface area is 110 Å². The van der Waals surface area contributed by atoms with Gasteiger partial charge in [0.25, 0.3) is 0 Å². The van der Waals surface area contributed by atoms with Gasteiger partial charge >= 0.3 is 0 Å². The molecule has 0 heterocycles. The van der Waals surface area contributed by atoms with Crippen LogP contribution in [0, 0.1) is 0 Å². The molecule has 1 N–H and O–H groups in total. The van der Waals surface area contributed by atoms with Crippen LogP contribution in [-0.2, 0) is 0 Å². The molecule has 0 aliphatic heterocycles. The summed E-state index contributed by atoms with van der Waals surface area (Å²) in [5.74, 6) is 0.220. The van der Waals surface area contributed by atoms with Gasteiger partial charge in [-0.05, 0) is 40.6 Å². The smallest absolute Gasteiger partial charge is 0.178 e. The van der Waals surface area contributed by atoms with Crippen LogP contribution in [-0.4, -0.2) is 5.11 Å². The Bertz CT molecular complexity index is 793. The lowest BCUT2D eigenvalue weighted by atomic mass is 10.0. The minimum atomic E-state index is -0.0445. The summed E-state index contributed by atoms with van der Waals surface area (Å²) in [6, 6.07) is 19.8. The number of fused-ring (bicyclic) bond motifs is 1. The molecule has 19 heavy (non-hydrogen) atoms. The van der Waals surface area contributed by atoms with Crippen molar-refractivity contribution in [2.75, 3.05) is 0 Å². The van der Waals surface area contributed by atoms with Crippen molar-refractivity contribution in [3.8, 4) is 16.9 Å². The molecule has 3 aromatic rings. The van der Waals surface area contributed by atoms with Crippen LogP contribution in [0.2, 0.25) is 0 Å². The van der Waals surface area contributed by atoms with Gasteiger partial charge in [-0.25, -0.2) is 0 Å². The fraction of sp³-hybridized carbons (Fsp3) is 0. The first kappa shape index (κ1) is 11.5. The van der Waals surface area contributed by atoms with Crippen LogP contribution in [0.3, 0.4) is 0 Å². The molecule has 0 unspecified atom stereocenters. The van der Waals surface area contributed by atoms with Crippen molar-refractivity contribution in [1.82, 2.24) is 0 Å². The lowest BCUT2D eigenvalue weighted by molar-refractivity contribution is 0.478. The first-order valence-electron chi connectivity index (χ1n) is 6.06. The average molecular weight is 248 g/mol. The van der Waals surface area contributed by atoms with Crippen molar-refractivity contribution < 1.29 is 5.11 Å². The lowest BCUT2D eigenvalue weighted by Crippen LogP contribution is -1.87. The molecular formula is C17H12O2. The minimum absolute atomic E-state index is 0.0445. The zero-order valence-electron chi connectivity index (χ0n) is 10.2. The topological polar surface area (TPSA) is 37.3 Å². The SMILES string of the molecule is O=c1ccc2cc(O)c(-c3ccccc3)cc2cc1. The van der Waals surface area contributed by atoms with Gasteiger partial charge in [0.15, 0.2) is 5.43 Å². The van der Waals surface area contributed by atoms with Gasteiger partial charge in [-0.1, -0.05) is 42.5 Å². The number of phenolic OH excluding ortho intramolecular Hbond substituents is 1. The van der Waals surface area contributed by atoms with E-state index in [1.54, 1.807) is 18.2 Å². The van der Waals surface area contributed by atoms with E-state index in [-0.39, 0.29) is 11.2 Å². The van der Waals surface area contributed by atoms with Crippen LogP contribution in [0.4, 0.5) is 0 Å². The van der Waals surface area contributed by atoms with Crippen molar-refractivity contribution in [3.63, 3.8) is 0 Å². The molecule has 0 aromatic heterocycles. The highest BCUT2D eigenvalue weighted by Gasteiger charge is 2.05. The fourth-order valence-corrected chi connectivity index (χ4v) is 2.16. The number of phenols is 1. The average Bonchev–Trinajstić information content (AvgIpc) is 2.61. The summed E-state index contributed by atoms with van der Waals surface area (Å²) < 4.78 is 0. The molecule has 3 aromatic carbocycles. The highest BCUT2D eigenvalue weighted by atomic mass is 16.3. The summed E-state index contributed by atoms with van der Waals surface area (Å²) in [7, 11) is 0. The second-order valence-corrected chi connectivity index (χ2v) is 4.43. The summed E-state index contributed by atoms with van der Waals surface area (Å²) >= 11 is 0. The summed E-state index contributed by atoms with van der Waals surface area (Å²) in [5, 5.41) is 11.9. The van der Waals surface area contributed by atoms with Crippen LogP contribution in [0.25, 0.3) is 21.9 Å². The monoisotopic (exact) mass is 248 g/mol. The number of hydrogen-bond donors (Lipinski definition) is 1. The summed E-state index contributed by atoms with van der Waals surface area (Å²) in [5.41, 5.74) is 1.68. The van der Waals surface area contributed by atoms with E-state index >= 15 is 0 Å². The third-order valence-corrected chi connectivity index (χ3v) is 3.14. The van der Waals surface area contributed by atoms with E-state index in [1.165, 1.54) is 12.1 Å². The summed E-state index contributed by atoms with van der Waals surface area (Å²) in [4.78, 5) is 11.4. The molecule has 0 saturated carbocycles. The molecule has 0 spiro atoms. The predicted octanol–water partition coefficient (Wildman–Crippen LogP) is 3.57. The highest BCUT2D eigenvalue weighted by molar-refractivity contribution is 5.90. The number of hydrogen-bond acceptors (Lipinski definition) is 2. The maximum Gasteiger partial charge on any atom is 0.178 e. The van der Waals surface area contributed by atoms with Crippen LogP contribution in [0.1, 0.15) is 0 Å². The second kappa shape index (κ2) is 4.58. The van der Waals surface area contributed by atoms with Gasteiger partial charge in [0.05, 0.1) is 0 Å². The molecule has 0 saturated heterocycles. The van der Waals surface area contributed by atoms with Gasteiger partial charge in [0.2, 0.25) is 0 Å². The van der Waals surface area contributed by atoms with Crippen LogP contribution < -0.4 is 5.43 Å². The van der Waals surface area contributed by atoms with Crippen LogP contribution in [0.15, 0.2) is 71.5 Å². The van der Waals surface area contributed by atoms with E-state index in [0.29, 0.717) is 0 Å². The molecule has 2 heteroatoms. The van der Waals surface area contributed by atoms with Crippen molar-refractivity contribution in [1.29, 1.82) is 0 Å². The molecule has 3 rings (SSSR count). The third kappa shape index (κ3) is 2.20. The van der Waals surface area contributed by atoms with Crippen molar-refractivity contribution in [3.05, 3.63) is 77.0 Å². The van der Waals surface area contributed by atoms with E-state index < -0.39 is 0 Å². The van der Waals surface area contributed by atoms with Crippen molar-refractivity contribution in [2.45, 2.75) is 0 Å². The Morgan fingerprint density at radius 2 is 1.37 bits per heavy atom. The van der Waals surface area contributed by atoms with Gasteiger partial charge in [-0.2, -0.15) is 0 Å². The van der Waals surface area contributed by atoms with E-state index in [0.717, 1.165) is 21.9 Å². The first-order chi connectivity index (χ1) is 9.24. The van der Waals surface area contributed by atoms with Gasteiger partial charge in [-0.3, -0.25) is 4.79 Å². The van der Waals surface area contributed by atoms with E-state index in [2.05, 4.69) is 0 Å². The van der Waals surface area contributed by atoms with E-state index in [9.17, 15) is 9.90 Å². The Morgan fingerprint density at radius 3 is 2.05 bits per heavy atom. The van der Waals surface area contributed by atoms with Gasteiger partial charge in [0, 0.05) is 5.56 Å². The highest BCUT2D eigenvalue weighted by Crippen LogP contribution is 2.32. The zero-order valence-corrected chi connectivity index (χ0v) is 10.2. The van der Waals surface area contributed by atoms with Gasteiger partial charge in [0.1, 0.15) is 5.75 Å². The fourth-order valence-electron chi connectivity index (χ4n) is 2.16. The van der Waals surface area contributed by atoms with E-state index in [1.807, 2.05) is 36.4 Å². The number of rotatable bonds is 1. The zero-order chi connectivity index (χ0) is 13.2. The quantitative estimate of drug-likeness (QED) is 0.714. The number of benzene rings is 2. The van der Waals surface area contributed by atoms with E-state index in [4.69, 9.17) is 0 Å². The number of aromatic hydroxyl groups is 1. The summed E-state index contributed by atoms with van der Waals surface area (Å²) in [6.45, 7) is 0. The Morgan fingerprint density at radius 1 is 0.737 bits per heavy atom. The maximum absolute atomic E-state index is 11.4. The van der Waals surface area contributed by atoms with Crippen LogP contribution >= 0.6 is 0 Å². The Balaban J connectivity index is 2.31. The predicted molar refractivity (Wildman–Crippen MR) is 77.3 cm³/mol. The normalized spacial score (nSPS) is 10.5. The minimum Gasteiger partial charge on any atom is -0.507 e. The molecule has 0 aliphatic carbocycles. The molecule has 0 fully saturated rings. The molecule has 92 valence electrons. The summed E-state index contributed by atoms with van der Waals surface area (Å²) in [6.07, 6.45) is 0. The van der Waals surface area contributed by atoms with Gasteiger partial charge in [-0.15, -0.1) is 0 Å². The third-order valence-electron chi connectivity index (χ3n) is 3.14. The molecule has 0 bridgehead atoms. The van der Waals surface area contributed by atoms with Gasteiger partial charge < -0.3 is 5.11 Å². The largest absolute Gasteiger partial charge is 0.507 e. The maximum atomic E-state index is 11.4. The first-order valence-corrected chi connectivity index (χ1v) is 6.06. The Kier molecular flexibility index (Phi) is 2.76. The molecule has 2 nitrogen and oxygen atoms in total. The lowest BCUT2D eigenvalue weighted by Gasteiger charge is -2.06. The standard InChI is InChI=1S/C17H12O2/c18-15-8-6-13-10-16(12-4-2-1-3-5-12)17(19)11-14(13)7-9-15/h1-11,19H. The molecular weight excluding hydrogens is 236 g/mol. The molecule has 0 amide bonds. The van der Waals surface area contributed by atoms with Crippen LogP contribution in [0.5, 0.6) is 5.75 Å². The van der Waals surface area contributed by atoms with Crippen molar-refractivity contribution in [2.24, 2.45) is 0 Å². The van der Waals surface area contributed by atoms with Crippen molar-refractivity contribution >= 4 is 10.8 Å². The Hall–Kier alpha value is -2.61. The molecule has 0 aliphatic rings. The molecule has 0 atom stereocenters.